The second-order valence-electron chi connectivity index (χ2n) is 6.44. The minimum absolute atomic E-state index is 0.239. The average Bonchev–Trinajstić information content (AvgIpc) is 2.99. The standard InChI is InChI=1S/C20H12F6S/c1-11-17(15-10-18(21,22)20(25,26)19(15,23)24)14-8-7-13(9-16(14)27-11)12-5-3-2-4-6-12/h2-10H,1H3. The fraction of sp³-hybridized carbons (Fsp3) is 0.200. The van der Waals surface area contributed by atoms with E-state index < -0.39 is 23.3 Å². The van der Waals surface area contributed by atoms with Gasteiger partial charge in [-0.15, -0.1) is 11.3 Å². The molecule has 0 bridgehead atoms. The summed E-state index contributed by atoms with van der Waals surface area (Å²) < 4.78 is 83.3. The van der Waals surface area contributed by atoms with Gasteiger partial charge in [-0.2, -0.15) is 26.3 Å². The molecule has 0 atom stereocenters. The van der Waals surface area contributed by atoms with Crippen LogP contribution >= 0.6 is 11.3 Å². The lowest BCUT2D eigenvalue weighted by Gasteiger charge is -2.25. The zero-order valence-electron chi connectivity index (χ0n) is 13.9. The lowest BCUT2D eigenvalue weighted by atomic mass is 9.96. The summed E-state index contributed by atoms with van der Waals surface area (Å²) >= 11 is 1.11. The van der Waals surface area contributed by atoms with Crippen LogP contribution in [0.15, 0.2) is 54.6 Å². The summed E-state index contributed by atoms with van der Waals surface area (Å²) in [4.78, 5) is 0.287. The second-order valence-corrected chi connectivity index (χ2v) is 7.70. The van der Waals surface area contributed by atoms with Gasteiger partial charge in [0.2, 0.25) is 0 Å². The Morgan fingerprint density at radius 3 is 2.07 bits per heavy atom. The highest BCUT2D eigenvalue weighted by Gasteiger charge is 2.77. The Balaban J connectivity index is 1.90. The molecule has 3 aromatic rings. The summed E-state index contributed by atoms with van der Waals surface area (Å²) in [5.74, 6) is -15.3. The molecule has 0 nitrogen and oxygen atoms in total. The molecular formula is C20H12F6S. The molecule has 0 amide bonds. The van der Waals surface area contributed by atoms with Crippen LogP contribution in [0.4, 0.5) is 26.3 Å². The Morgan fingerprint density at radius 2 is 1.48 bits per heavy atom. The quantitative estimate of drug-likeness (QED) is 0.401. The molecule has 0 aliphatic heterocycles. The molecule has 1 aliphatic rings. The number of allylic oxidation sites excluding steroid dienone is 2. The number of rotatable bonds is 2. The van der Waals surface area contributed by atoms with Crippen molar-refractivity contribution in [2.75, 3.05) is 0 Å². The van der Waals surface area contributed by atoms with Gasteiger partial charge in [-0.3, -0.25) is 0 Å². The van der Waals surface area contributed by atoms with E-state index in [0.29, 0.717) is 4.70 Å². The van der Waals surface area contributed by atoms with Crippen molar-refractivity contribution in [1.29, 1.82) is 0 Å². The van der Waals surface area contributed by atoms with Crippen molar-refractivity contribution in [1.82, 2.24) is 0 Å². The van der Waals surface area contributed by atoms with E-state index in [-0.39, 0.29) is 21.9 Å². The third-order valence-corrected chi connectivity index (χ3v) is 5.79. The SMILES string of the molecule is Cc1sc2cc(-c3ccccc3)ccc2c1C1=CC(F)(F)C(F)(F)C1(F)F. The van der Waals surface area contributed by atoms with Crippen LogP contribution in [0.3, 0.4) is 0 Å². The zero-order valence-corrected chi connectivity index (χ0v) is 14.7. The lowest BCUT2D eigenvalue weighted by molar-refractivity contribution is -0.257. The number of alkyl halides is 6. The number of halogens is 6. The molecule has 0 saturated heterocycles. The van der Waals surface area contributed by atoms with Crippen molar-refractivity contribution >= 4 is 27.0 Å². The van der Waals surface area contributed by atoms with Gasteiger partial charge in [0, 0.05) is 32.2 Å². The molecule has 0 unspecified atom stereocenters. The molecule has 0 fully saturated rings. The molecule has 4 rings (SSSR count). The average molecular weight is 398 g/mol. The molecule has 0 saturated carbocycles. The maximum Gasteiger partial charge on any atom is 0.380 e. The van der Waals surface area contributed by atoms with Crippen molar-refractivity contribution in [2.24, 2.45) is 0 Å². The monoisotopic (exact) mass is 398 g/mol. The normalized spacial score (nSPS) is 20.0. The van der Waals surface area contributed by atoms with E-state index in [1.165, 1.54) is 13.0 Å². The van der Waals surface area contributed by atoms with Gasteiger partial charge in [0.05, 0.1) is 0 Å². The maximum absolute atomic E-state index is 14.2. The van der Waals surface area contributed by atoms with E-state index in [2.05, 4.69) is 0 Å². The maximum atomic E-state index is 14.2. The highest BCUT2D eigenvalue weighted by Crippen LogP contribution is 2.60. The summed E-state index contributed by atoms with van der Waals surface area (Å²) in [6.07, 6.45) is -0.285. The molecule has 0 N–H and O–H groups in total. The number of aryl methyl sites for hydroxylation is 1. The second kappa shape index (κ2) is 5.61. The van der Waals surface area contributed by atoms with Crippen LogP contribution in [-0.4, -0.2) is 17.8 Å². The topological polar surface area (TPSA) is 0 Å². The van der Waals surface area contributed by atoms with E-state index in [1.807, 2.05) is 30.3 Å². The van der Waals surface area contributed by atoms with Crippen molar-refractivity contribution < 1.29 is 26.3 Å². The van der Waals surface area contributed by atoms with Crippen molar-refractivity contribution in [2.45, 2.75) is 24.7 Å². The number of fused-ring (bicyclic) bond motifs is 1. The molecule has 0 spiro atoms. The zero-order chi connectivity index (χ0) is 19.6. The van der Waals surface area contributed by atoms with Crippen LogP contribution in [0.1, 0.15) is 10.4 Å². The first-order valence-electron chi connectivity index (χ1n) is 8.02. The molecule has 1 heterocycles. The fourth-order valence-electron chi connectivity index (χ4n) is 3.33. The van der Waals surface area contributed by atoms with Gasteiger partial charge in [0.25, 0.3) is 0 Å². The Hall–Kier alpha value is -2.28. The lowest BCUT2D eigenvalue weighted by Crippen LogP contribution is -2.48. The molecule has 0 radical (unpaired) electrons. The molecular weight excluding hydrogens is 386 g/mol. The van der Waals surface area contributed by atoms with Crippen LogP contribution in [-0.2, 0) is 0 Å². The minimum atomic E-state index is -5.46. The molecule has 1 aromatic heterocycles. The fourth-order valence-corrected chi connectivity index (χ4v) is 4.45. The minimum Gasteiger partial charge on any atom is -0.195 e. The summed E-state index contributed by atoms with van der Waals surface area (Å²) in [6, 6.07) is 14.2. The van der Waals surface area contributed by atoms with Crippen LogP contribution in [0.25, 0.3) is 26.8 Å². The van der Waals surface area contributed by atoms with E-state index in [1.54, 1.807) is 12.1 Å². The third kappa shape index (κ3) is 2.44. The van der Waals surface area contributed by atoms with Gasteiger partial charge < -0.3 is 0 Å². The molecule has 2 aromatic carbocycles. The number of hydrogen-bond donors (Lipinski definition) is 0. The first-order valence-corrected chi connectivity index (χ1v) is 8.83. The van der Waals surface area contributed by atoms with Gasteiger partial charge in [-0.25, -0.2) is 0 Å². The van der Waals surface area contributed by atoms with E-state index in [4.69, 9.17) is 0 Å². The van der Waals surface area contributed by atoms with E-state index >= 15 is 0 Å². The van der Waals surface area contributed by atoms with Crippen molar-refractivity contribution in [3.05, 3.63) is 65.0 Å². The van der Waals surface area contributed by atoms with Crippen molar-refractivity contribution in [3.8, 4) is 11.1 Å². The van der Waals surface area contributed by atoms with Gasteiger partial charge in [-0.1, -0.05) is 42.5 Å². The highest BCUT2D eigenvalue weighted by atomic mass is 32.1. The summed E-state index contributed by atoms with van der Waals surface area (Å²) in [6.45, 7) is 1.47. The van der Waals surface area contributed by atoms with Crippen LogP contribution < -0.4 is 0 Å². The summed E-state index contributed by atoms with van der Waals surface area (Å²) in [5.41, 5.74) is 0.166. The van der Waals surface area contributed by atoms with E-state index in [9.17, 15) is 26.3 Å². The highest BCUT2D eigenvalue weighted by molar-refractivity contribution is 7.19. The Labute approximate surface area is 154 Å². The first kappa shape index (κ1) is 18.1. The van der Waals surface area contributed by atoms with Crippen LogP contribution in [0, 0.1) is 6.92 Å². The molecule has 7 heteroatoms. The molecule has 27 heavy (non-hydrogen) atoms. The third-order valence-electron chi connectivity index (χ3n) is 4.72. The summed E-state index contributed by atoms with van der Waals surface area (Å²) in [7, 11) is 0. The van der Waals surface area contributed by atoms with Gasteiger partial charge in [-0.05, 0) is 24.1 Å². The Morgan fingerprint density at radius 1 is 0.815 bits per heavy atom. The largest absolute Gasteiger partial charge is 0.380 e. The predicted octanol–water partition coefficient (Wildman–Crippen LogP) is 7.18. The van der Waals surface area contributed by atoms with E-state index in [0.717, 1.165) is 22.5 Å². The molecule has 140 valence electrons. The number of benzene rings is 2. The number of thiophene rings is 1. The first-order chi connectivity index (χ1) is 12.6. The van der Waals surface area contributed by atoms with Crippen LogP contribution in [0.5, 0.6) is 0 Å². The van der Waals surface area contributed by atoms with Crippen molar-refractivity contribution in [3.63, 3.8) is 0 Å². The Kier molecular flexibility index (Phi) is 3.76. The number of hydrogen-bond acceptors (Lipinski definition) is 1. The van der Waals surface area contributed by atoms with Gasteiger partial charge >= 0.3 is 17.8 Å². The molecule has 1 aliphatic carbocycles. The Bertz CT molecular complexity index is 1060. The van der Waals surface area contributed by atoms with Gasteiger partial charge in [0.15, 0.2) is 0 Å². The smallest absolute Gasteiger partial charge is 0.195 e. The van der Waals surface area contributed by atoms with Gasteiger partial charge in [0.1, 0.15) is 0 Å². The predicted molar refractivity (Wildman–Crippen MR) is 94.8 cm³/mol. The summed E-state index contributed by atoms with van der Waals surface area (Å²) in [5, 5.41) is 0.261. The van der Waals surface area contributed by atoms with Crippen LogP contribution in [0.2, 0.25) is 0 Å².